The average molecular weight is 568 g/mol. The zero-order chi connectivity index (χ0) is 26.9. The van der Waals surface area contributed by atoms with Crippen molar-refractivity contribution in [2.75, 3.05) is 20.2 Å². The van der Waals surface area contributed by atoms with Gasteiger partial charge in [-0.3, -0.25) is 5.43 Å². The zero-order valence-corrected chi connectivity index (χ0v) is 23.5. The molecule has 204 valence electrons. The molecule has 0 radical (unpaired) electrons. The van der Waals surface area contributed by atoms with E-state index in [4.69, 9.17) is 37.8 Å². The Balaban J connectivity index is 1.36. The van der Waals surface area contributed by atoms with Crippen LogP contribution in [0.4, 0.5) is 4.79 Å². The number of aromatic nitrogens is 2. The Morgan fingerprint density at radius 1 is 1.03 bits per heavy atom. The second-order valence-electron chi connectivity index (χ2n) is 10.6. The number of ether oxygens (including phenoxy) is 2. The van der Waals surface area contributed by atoms with Crippen molar-refractivity contribution < 1.29 is 14.3 Å². The molecule has 1 amide bonds. The maximum absolute atomic E-state index is 13.1. The van der Waals surface area contributed by atoms with Crippen molar-refractivity contribution in [1.82, 2.24) is 20.2 Å². The highest BCUT2D eigenvalue weighted by Crippen LogP contribution is 2.40. The summed E-state index contributed by atoms with van der Waals surface area (Å²) in [5, 5.41) is 7.83. The van der Waals surface area contributed by atoms with E-state index in [-0.39, 0.29) is 0 Å². The van der Waals surface area contributed by atoms with Crippen LogP contribution in [0.1, 0.15) is 55.3 Å². The maximum Gasteiger partial charge on any atom is 0.428 e. The Morgan fingerprint density at radius 2 is 1.77 bits per heavy atom. The average Bonchev–Trinajstić information content (AvgIpc) is 3.56. The van der Waals surface area contributed by atoms with E-state index in [1.807, 2.05) is 35.3 Å². The third-order valence-corrected chi connectivity index (χ3v) is 8.67. The van der Waals surface area contributed by atoms with E-state index >= 15 is 0 Å². The van der Waals surface area contributed by atoms with Crippen molar-refractivity contribution in [2.24, 2.45) is 11.8 Å². The molecule has 0 bridgehead atoms. The number of allylic oxidation sites excluding steroid dienone is 1. The van der Waals surface area contributed by atoms with Gasteiger partial charge in [0.15, 0.2) is 0 Å². The molecule has 3 aromatic rings. The number of methoxy groups -OCH3 is 1. The number of hydrogen-bond acceptors (Lipinski definition) is 5. The van der Waals surface area contributed by atoms with Gasteiger partial charge in [0, 0.05) is 23.7 Å². The molecule has 1 saturated heterocycles. The first-order chi connectivity index (χ1) is 19.0. The van der Waals surface area contributed by atoms with E-state index in [1.54, 1.807) is 23.9 Å². The lowest BCUT2D eigenvalue weighted by Crippen LogP contribution is -2.42. The van der Waals surface area contributed by atoms with Gasteiger partial charge in [-0.2, -0.15) is 0 Å². The third-order valence-electron chi connectivity index (χ3n) is 8.13. The fourth-order valence-corrected chi connectivity index (χ4v) is 6.73. The summed E-state index contributed by atoms with van der Waals surface area (Å²) in [6.45, 7) is 1.75. The van der Waals surface area contributed by atoms with E-state index in [2.05, 4.69) is 11.5 Å². The molecule has 2 heterocycles. The molecule has 39 heavy (non-hydrogen) atoms. The predicted molar refractivity (Wildman–Crippen MR) is 154 cm³/mol. The second-order valence-corrected chi connectivity index (χ2v) is 11.5. The van der Waals surface area contributed by atoms with Gasteiger partial charge < -0.3 is 9.47 Å². The topological polar surface area (TPSA) is 68.6 Å². The van der Waals surface area contributed by atoms with Crippen molar-refractivity contribution >= 4 is 40.9 Å². The van der Waals surface area contributed by atoms with Gasteiger partial charge in [0.05, 0.1) is 23.5 Å². The minimum atomic E-state index is -0.505. The first-order valence-corrected chi connectivity index (χ1v) is 14.4. The fraction of sp³-hybridized carbons (Fsp3) is 0.400. The molecule has 1 aromatic heterocycles. The molecule has 2 aromatic carbocycles. The Bertz CT molecular complexity index is 1390. The maximum atomic E-state index is 13.1. The monoisotopic (exact) mass is 566 g/mol. The summed E-state index contributed by atoms with van der Waals surface area (Å²) in [4.78, 5) is 13.1. The minimum Gasteiger partial charge on any atom is -0.497 e. The van der Waals surface area contributed by atoms with Gasteiger partial charge in [0.1, 0.15) is 5.75 Å². The molecule has 6 rings (SSSR count). The summed E-state index contributed by atoms with van der Waals surface area (Å²) < 4.78 is 13.0. The summed E-state index contributed by atoms with van der Waals surface area (Å²) in [6, 6.07) is 13.3. The van der Waals surface area contributed by atoms with Crippen LogP contribution < -0.4 is 14.9 Å². The molecule has 1 aliphatic heterocycles. The van der Waals surface area contributed by atoms with E-state index in [9.17, 15) is 4.79 Å². The van der Waals surface area contributed by atoms with Gasteiger partial charge >= 0.3 is 6.09 Å². The molecular weight excluding hydrogens is 535 g/mol. The molecule has 1 N–H and O–H groups in total. The lowest BCUT2D eigenvalue weighted by Gasteiger charge is -2.17. The Morgan fingerprint density at radius 3 is 2.49 bits per heavy atom. The number of hydrazine groups is 1. The highest BCUT2D eigenvalue weighted by molar-refractivity contribution is 6.35. The number of benzene rings is 2. The van der Waals surface area contributed by atoms with Gasteiger partial charge in [-0.25, -0.2) is 14.5 Å². The van der Waals surface area contributed by atoms with Crippen molar-refractivity contribution in [3.8, 4) is 17.3 Å². The van der Waals surface area contributed by atoms with Crippen molar-refractivity contribution in [1.29, 1.82) is 0 Å². The Kier molecular flexibility index (Phi) is 7.56. The van der Waals surface area contributed by atoms with Gasteiger partial charge in [-0.05, 0) is 97.9 Å². The number of fused-ring (bicyclic) bond motifs is 2. The Labute approximate surface area is 238 Å². The molecule has 2 unspecified atom stereocenters. The SMILES string of the molecule is COc1ccc(/C=C2\CCCCc3c(OC(=O)NN4CC5CCCC5C4)nn(-c4ccc(Cl)cc4Cl)c32)cc1. The minimum absolute atomic E-state index is 0.315. The highest BCUT2D eigenvalue weighted by Gasteiger charge is 2.37. The zero-order valence-electron chi connectivity index (χ0n) is 22.0. The van der Waals surface area contributed by atoms with E-state index < -0.39 is 6.09 Å². The number of carbonyl (C=O) groups excluding carboxylic acids is 1. The molecule has 2 fully saturated rings. The molecular formula is C30H32Cl2N4O3. The van der Waals surface area contributed by atoms with E-state index in [0.29, 0.717) is 33.4 Å². The van der Waals surface area contributed by atoms with E-state index in [1.165, 1.54) is 19.3 Å². The van der Waals surface area contributed by atoms with Crippen LogP contribution >= 0.6 is 23.2 Å². The quantitative estimate of drug-likeness (QED) is 0.331. The van der Waals surface area contributed by atoms with Crippen LogP contribution in [0.3, 0.4) is 0 Å². The third kappa shape index (κ3) is 5.53. The largest absolute Gasteiger partial charge is 0.497 e. The van der Waals surface area contributed by atoms with Gasteiger partial charge in [-0.15, -0.1) is 5.10 Å². The summed E-state index contributed by atoms with van der Waals surface area (Å²) in [7, 11) is 1.66. The molecule has 0 spiro atoms. The normalized spacial score (nSPS) is 21.9. The number of carbonyl (C=O) groups is 1. The molecule has 9 heteroatoms. The number of nitrogens with one attached hydrogen (secondary N) is 1. The van der Waals surface area contributed by atoms with Crippen LogP contribution in [0.5, 0.6) is 11.6 Å². The molecule has 3 aliphatic rings. The van der Waals surface area contributed by atoms with Crippen LogP contribution in [0.2, 0.25) is 10.0 Å². The van der Waals surface area contributed by atoms with Crippen LogP contribution in [0.15, 0.2) is 42.5 Å². The fourth-order valence-electron chi connectivity index (χ4n) is 6.24. The first-order valence-electron chi connectivity index (χ1n) is 13.6. The summed E-state index contributed by atoms with van der Waals surface area (Å²) >= 11 is 12.9. The van der Waals surface area contributed by atoms with Gasteiger partial charge in [-0.1, -0.05) is 41.8 Å². The number of amides is 1. The lowest BCUT2D eigenvalue weighted by molar-refractivity contribution is 0.152. The predicted octanol–water partition coefficient (Wildman–Crippen LogP) is 7.19. The first kappa shape index (κ1) is 26.2. The van der Waals surface area contributed by atoms with Crippen LogP contribution in [0, 0.1) is 11.8 Å². The summed E-state index contributed by atoms with van der Waals surface area (Å²) in [6.07, 6.45) is 8.99. The summed E-state index contributed by atoms with van der Waals surface area (Å²) in [5.74, 6) is 2.45. The number of rotatable bonds is 5. The van der Waals surface area contributed by atoms with Crippen LogP contribution in [-0.4, -0.2) is 41.1 Å². The van der Waals surface area contributed by atoms with E-state index in [0.717, 1.165) is 66.9 Å². The van der Waals surface area contributed by atoms with Crippen molar-refractivity contribution in [3.05, 3.63) is 69.3 Å². The second kappa shape index (κ2) is 11.2. The summed E-state index contributed by atoms with van der Waals surface area (Å²) in [5.41, 5.74) is 7.62. The van der Waals surface area contributed by atoms with Gasteiger partial charge in [0.2, 0.25) is 5.88 Å². The van der Waals surface area contributed by atoms with Gasteiger partial charge in [0.25, 0.3) is 0 Å². The standard InChI is InChI=1S/C30H32Cl2N4O3/c1-38-24-12-9-19(10-13-24)15-20-5-2-3-8-25-28(20)36(27-14-11-23(31)16-26(27)32)33-29(25)39-30(37)34-35-17-21-6-4-7-22(21)18-35/h9-16,21-22H,2-8,17-18H2,1H3,(H,34,37)/b20-15+. The van der Waals surface area contributed by atoms with Crippen LogP contribution in [-0.2, 0) is 6.42 Å². The highest BCUT2D eigenvalue weighted by atomic mass is 35.5. The van der Waals surface area contributed by atoms with Crippen molar-refractivity contribution in [2.45, 2.75) is 44.9 Å². The number of halogens is 2. The Hall–Kier alpha value is -3.00. The van der Waals surface area contributed by atoms with Crippen molar-refractivity contribution in [3.63, 3.8) is 0 Å². The molecule has 7 nitrogen and oxygen atoms in total. The smallest absolute Gasteiger partial charge is 0.428 e. The number of nitrogens with zero attached hydrogens (tertiary/aromatic N) is 3. The molecule has 2 atom stereocenters. The molecule has 1 saturated carbocycles. The number of hydrogen-bond donors (Lipinski definition) is 1. The lowest BCUT2D eigenvalue weighted by atomic mass is 10.0. The molecule has 2 aliphatic carbocycles. The van der Waals surface area contributed by atoms with Crippen LogP contribution in [0.25, 0.3) is 17.3 Å².